The van der Waals surface area contributed by atoms with Crippen LogP contribution in [0, 0.1) is 27.7 Å². The first kappa shape index (κ1) is 14.1. The number of carbonyl (C=O) groups excluding carboxylic acids is 1. The molecule has 3 nitrogen and oxygen atoms in total. The number of hydrogen-bond acceptors (Lipinski definition) is 2. The van der Waals surface area contributed by atoms with Crippen LogP contribution in [0.3, 0.4) is 0 Å². The second-order valence-electron chi connectivity index (χ2n) is 5.23. The average molecular weight is 269 g/mol. The quantitative estimate of drug-likeness (QED) is 0.869. The van der Waals surface area contributed by atoms with Gasteiger partial charge in [0.25, 0.3) is 5.91 Å². The maximum Gasteiger partial charge on any atom is 0.255 e. The van der Waals surface area contributed by atoms with Crippen LogP contribution < -0.4 is 5.32 Å². The Hall–Kier alpha value is -2.29. The van der Waals surface area contributed by atoms with Crippen LogP contribution in [0.1, 0.15) is 32.6 Å². The van der Waals surface area contributed by atoms with E-state index in [-0.39, 0.29) is 11.7 Å². The molecule has 0 fully saturated rings. The molecule has 0 aliphatic rings. The van der Waals surface area contributed by atoms with Crippen molar-refractivity contribution in [1.29, 1.82) is 0 Å². The first-order chi connectivity index (χ1) is 9.38. The second kappa shape index (κ2) is 5.37. The van der Waals surface area contributed by atoms with Crippen LogP contribution in [0.2, 0.25) is 0 Å². The number of aromatic hydroxyl groups is 1. The Morgan fingerprint density at radius 1 is 0.950 bits per heavy atom. The van der Waals surface area contributed by atoms with Crippen LogP contribution in [0.4, 0.5) is 5.69 Å². The molecule has 1 amide bonds. The molecule has 0 spiro atoms. The Kier molecular flexibility index (Phi) is 3.79. The van der Waals surface area contributed by atoms with Crippen molar-refractivity contribution in [3.05, 3.63) is 58.1 Å². The molecular formula is C17H19NO2. The third-order valence-corrected chi connectivity index (χ3v) is 3.39. The topological polar surface area (TPSA) is 49.3 Å². The number of benzene rings is 2. The minimum atomic E-state index is -0.213. The van der Waals surface area contributed by atoms with E-state index < -0.39 is 0 Å². The molecule has 3 heteroatoms. The van der Waals surface area contributed by atoms with E-state index in [0.29, 0.717) is 5.56 Å². The van der Waals surface area contributed by atoms with Crippen molar-refractivity contribution in [1.82, 2.24) is 0 Å². The highest BCUT2D eigenvalue weighted by Crippen LogP contribution is 2.24. The lowest BCUT2D eigenvalue weighted by Crippen LogP contribution is -2.14. The van der Waals surface area contributed by atoms with Gasteiger partial charge in [-0.1, -0.05) is 23.8 Å². The monoisotopic (exact) mass is 269 g/mol. The van der Waals surface area contributed by atoms with Crippen LogP contribution in [0.15, 0.2) is 30.3 Å². The van der Waals surface area contributed by atoms with E-state index in [4.69, 9.17) is 0 Å². The van der Waals surface area contributed by atoms with Crippen molar-refractivity contribution in [2.45, 2.75) is 27.7 Å². The van der Waals surface area contributed by atoms with Crippen molar-refractivity contribution in [3.63, 3.8) is 0 Å². The van der Waals surface area contributed by atoms with Gasteiger partial charge < -0.3 is 10.4 Å². The summed E-state index contributed by atoms with van der Waals surface area (Å²) in [7, 11) is 0. The van der Waals surface area contributed by atoms with Gasteiger partial charge in [-0.3, -0.25) is 4.79 Å². The zero-order chi connectivity index (χ0) is 14.9. The highest BCUT2D eigenvalue weighted by molar-refractivity contribution is 6.05. The van der Waals surface area contributed by atoms with E-state index >= 15 is 0 Å². The number of anilines is 1. The molecule has 2 aromatic rings. The van der Waals surface area contributed by atoms with Crippen LogP contribution in [0.25, 0.3) is 0 Å². The maximum atomic E-state index is 12.2. The standard InChI is InChI=1S/C17H19NO2/c1-10-7-12(3)16(13(4)8-10)18-17(20)14-6-5-11(2)15(19)9-14/h5-9,19H,1-4H3,(H,18,20). The summed E-state index contributed by atoms with van der Waals surface area (Å²) in [6.07, 6.45) is 0. The normalized spacial score (nSPS) is 10.4. The lowest BCUT2D eigenvalue weighted by molar-refractivity contribution is 0.102. The summed E-state index contributed by atoms with van der Waals surface area (Å²) in [6.45, 7) is 7.78. The number of phenols is 1. The molecule has 0 unspecified atom stereocenters. The summed E-state index contributed by atoms with van der Waals surface area (Å²) in [5.41, 5.74) is 5.28. The van der Waals surface area contributed by atoms with Gasteiger partial charge in [0, 0.05) is 11.3 Å². The molecule has 2 aromatic carbocycles. The molecule has 0 bridgehead atoms. The zero-order valence-electron chi connectivity index (χ0n) is 12.2. The van der Waals surface area contributed by atoms with E-state index in [9.17, 15) is 9.90 Å². The summed E-state index contributed by atoms with van der Waals surface area (Å²) in [6, 6.07) is 9.01. The first-order valence-electron chi connectivity index (χ1n) is 6.57. The molecule has 0 heterocycles. The van der Waals surface area contributed by atoms with Gasteiger partial charge in [-0.15, -0.1) is 0 Å². The van der Waals surface area contributed by atoms with Crippen LogP contribution >= 0.6 is 0 Å². The summed E-state index contributed by atoms with van der Waals surface area (Å²) < 4.78 is 0. The average Bonchev–Trinajstić information content (AvgIpc) is 2.36. The maximum absolute atomic E-state index is 12.2. The predicted molar refractivity (Wildman–Crippen MR) is 81.5 cm³/mol. The highest BCUT2D eigenvalue weighted by Gasteiger charge is 2.11. The summed E-state index contributed by atoms with van der Waals surface area (Å²) in [4.78, 5) is 12.2. The van der Waals surface area contributed by atoms with Gasteiger partial charge in [0.05, 0.1) is 0 Å². The molecule has 0 atom stereocenters. The van der Waals surface area contributed by atoms with Crippen molar-refractivity contribution >= 4 is 11.6 Å². The van der Waals surface area contributed by atoms with Crippen LogP contribution in [-0.2, 0) is 0 Å². The Balaban J connectivity index is 2.30. The van der Waals surface area contributed by atoms with Crippen molar-refractivity contribution < 1.29 is 9.90 Å². The molecule has 2 N–H and O–H groups in total. The predicted octanol–water partition coefficient (Wildman–Crippen LogP) is 3.88. The number of amides is 1. The minimum absolute atomic E-state index is 0.134. The number of aryl methyl sites for hydroxylation is 4. The number of nitrogens with one attached hydrogen (secondary N) is 1. The van der Waals surface area contributed by atoms with Crippen molar-refractivity contribution in [2.24, 2.45) is 0 Å². The number of hydrogen-bond donors (Lipinski definition) is 2. The second-order valence-corrected chi connectivity index (χ2v) is 5.23. The van der Waals surface area contributed by atoms with Crippen molar-refractivity contribution in [3.8, 4) is 5.75 Å². The molecule has 0 radical (unpaired) electrons. The SMILES string of the molecule is Cc1cc(C)c(NC(=O)c2ccc(C)c(O)c2)c(C)c1. The zero-order valence-corrected chi connectivity index (χ0v) is 12.2. The van der Waals surface area contributed by atoms with Gasteiger partial charge >= 0.3 is 0 Å². The van der Waals surface area contributed by atoms with E-state index in [1.54, 1.807) is 19.1 Å². The third-order valence-electron chi connectivity index (χ3n) is 3.39. The largest absolute Gasteiger partial charge is 0.508 e. The van der Waals surface area contributed by atoms with E-state index in [1.165, 1.54) is 11.6 Å². The Morgan fingerprint density at radius 2 is 1.55 bits per heavy atom. The third kappa shape index (κ3) is 2.82. The summed E-state index contributed by atoms with van der Waals surface area (Å²) >= 11 is 0. The van der Waals surface area contributed by atoms with Crippen LogP contribution in [0.5, 0.6) is 5.75 Å². The Labute approximate surface area is 119 Å². The van der Waals surface area contributed by atoms with E-state index in [2.05, 4.69) is 5.32 Å². The fourth-order valence-corrected chi connectivity index (χ4v) is 2.31. The molecule has 2 rings (SSSR count). The van der Waals surface area contributed by atoms with Gasteiger partial charge in [0.1, 0.15) is 5.75 Å². The van der Waals surface area contributed by atoms with Gasteiger partial charge in [-0.05, 0) is 56.5 Å². The fourth-order valence-electron chi connectivity index (χ4n) is 2.31. The van der Waals surface area contributed by atoms with Crippen molar-refractivity contribution in [2.75, 3.05) is 5.32 Å². The summed E-state index contributed by atoms with van der Waals surface area (Å²) in [5.74, 6) is -0.0784. The highest BCUT2D eigenvalue weighted by atomic mass is 16.3. The van der Waals surface area contributed by atoms with E-state index in [0.717, 1.165) is 22.4 Å². The minimum Gasteiger partial charge on any atom is -0.508 e. The van der Waals surface area contributed by atoms with Crippen LogP contribution in [-0.4, -0.2) is 11.0 Å². The Bertz CT molecular complexity index is 652. The number of carbonyl (C=O) groups is 1. The Morgan fingerprint density at radius 3 is 2.10 bits per heavy atom. The lowest BCUT2D eigenvalue weighted by Gasteiger charge is -2.13. The van der Waals surface area contributed by atoms with Gasteiger partial charge in [-0.2, -0.15) is 0 Å². The molecule has 0 aromatic heterocycles. The van der Waals surface area contributed by atoms with Gasteiger partial charge in [0.2, 0.25) is 0 Å². The number of phenolic OH excluding ortho intramolecular Hbond substituents is 1. The van der Waals surface area contributed by atoms with E-state index in [1.807, 2.05) is 32.9 Å². The first-order valence-corrected chi connectivity index (χ1v) is 6.57. The lowest BCUT2D eigenvalue weighted by atomic mass is 10.0. The summed E-state index contributed by atoms with van der Waals surface area (Å²) in [5, 5.41) is 12.6. The molecule has 0 aliphatic heterocycles. The van der Waals surface area contributed by atoms with Gasteiger partial charge in [-0.25, -0.2) is 0 Å². The molecule has 104 valence electrons. The smallest absolute Gasteiger partial charge is 0.255 e. The molecule has 20 heavy (non-hydrogen) atoms. The molecule has 0 saturated heterocycles. The van der Waals surface area contributed by atoms with Gasteiger partial charge in [0.15, 0.2) is 0 Å². The molecule has 0 aliphatic carbocycles. The molecule has 0 saturated carbocycles. The fraction of sp³-hybridized carbons (Fsp3) is 0.235. The number of rotatable bonds is 2. The molecular weight excluding hydrogens is 250 g/mol.